The SMILES string of the molecule is NC(c1cnn(-c2ccccc2)n1)c1cc(Br)ccc1F. The van der Waals surface area contributed by atoms with Gasteiger partial charge in [0.25, 0.3) is 0 Å². The van der Waals surface area contributed by atoms with Gasteiger partial charge in [-0.2, -0.15) is 15.0 Å². The van der Waals surface area contributed by atoms with E-state index >= 15 is 0 Å². The smallest absolute Gasteiger partial charge is 0.128 e. The quantitative estimate of drug-likeness (QED) is 0.792. The second kappa shape index (κ2) is 5.75. The van der Waals surface area contributed by atoms with Crippen LogP contribution in [0, 0.1) is 5.82 Å². The molecule has 2 aromatic carbocycles. The van der Waals surface area contributed by atoms with Crippen molar-refractivity contribution in [1.82, 2.24) is 15.0 Å². The Labute approximate surface area is 129 Å². The highest BCUT2D eigenvalue weighted by Crippen LogP contribution is 2.24. The number of hydrogen-bond acceptors (Lipinski definition) is 3. The maximum Gasteiger partial charge on any atom is 0.128 e. The molecule has 0 fully saturated rings. The van der Waals surface area contributed by atoms with Gasteiger partial charge < -0.3 is 5.73 Å². The molecule has 0 saturated carbocycles. The molecule has 3 rings (SSSR count). The highest BCUT2D eigenvalue weighted by atomic mass is 79.9. The Morgan fingerprint density at radius 2 is 1.90 bits per heavy atom. The van der Waals surface area contributed by atoms with Crippen LogP contribution in [-0.2, 0) is 0 Å². The summed E-state index contributed by atoms with van der Waals surface area (Å²) >= 11 is 3.32. The van der Waals surface area contributed by atoms with E-state index in [4.69, 9.17) is 5.73 Å². The Morgan fingerprint density at radius 3 is 2.67 bits per heavy atom. The molecule has 0 aliphatic carbocycles. The molecule has 0 amide bonds. The summed E-state index contributed by atoms with van der Waals surface area (Å²) in [6.45, 7) is 0. The van der Waals surface area contributed by atoms with Gasteiger partial charge in [-0.1, -0.05) is 34.1 Å². The van der Waals surface area contributed by atoms with E-state index in [0.29, 0.717) is 11.3 Å². The molecule has 106 valence electrons. The van der Waals surface area contributed by atoms with Gasteiger partial charge in [-0.3, -0.25) is 0 Å². The topological polar surface area (TPSA) is 56.7 Å². The lowest BCUT2D eigenvalue weighted by molar-refractivity contribution is 0.595. The van der Waals surface area contributed by atoms with Crippen LogP contribution in [0.2, 0.25) is 0 Å². The summed E-state index contributed by atoms with van der Waals surface area (Å²) in [5.74, 6) is -0.361. The normalized spacial score (nSPS) is 12.3. The van der Waals surface area contributed by atoms with Crippen molar-refractivity contribution >= 4 is 15.9 Å². The summed E-state index contributed by atoms with van der Waals surface area (Å²) in [7, 11) is 0. The Kier molecular flexibility index (Phi) is 3.81. The fourth-order valence-corrected chi connectivity index (χ4v) is 2.39. The molecule has 6 heteroatoms. The molecule has 1 unspecified atom stereocenters. The molecule has 21 heavy (non-hydrogen) atoms. The number of benzene rings is 2. The van der Waals surface area contributed by atoms with Crippen LogP contribution in [0.15, 0.2) is 59.2 Å². The van der Waals surface area contributed by atoms with Gasteiger partial charge in [0.05, 0.1) is 17.9 Å². The highest BCUT2D eigenvalue weighted by Gasteiger charge is 2.17. The molecule has 0 bridgehead atoms. The zero-order valence-electron chi connectivity index (χ0n) is 10.9. The van der Waals surface area contributed by atoms with Crippen molar-refractivity contribution in [2.45, 2.75) is 6.04 Å². The summed E-state index contributed by atoms with van der Waals surface area (Å²) in [6, 6.07) is 13.5. The molecule has 1 aromatic heterocycles. The van der Waals surface area contributed by atoms with Crippen molar-refractivity contribution in [3.8, 4) is 5.69 Å². The third kappa shape index (κ3) is 2.86. The van der Waals surface area contributed by atoms with Crippen LogP contribution < -0.4 is 5.73 Å². The van der Waals surface area contributed by atoms with Gasteiger partial charge in [0.2, 0.25) is 0 Å². The molecule has 3 aromatic rings. The summed E-state index contributed by atoms with van der Waals surface area (Å²) in [4.78, 5) is 1.48. The predicted octanol–water partition coefficient (Wildman–Crippen LogP) is 3.22. The summed E-state index contributed by atoms with van der Waals surface area (Å²) < 4.78 is 14.6. The highest BCUT2D eigenvalue weighted by molar-refractivity contribution is 9.10. The molecule has 4 nitrogen and oxygen atoms in total. The number of nitrogens with zero attached hydrogens (tertiary/aromatic N) is 3. The molecule has 0 aliphatic heterocycles. The first-order chi connectivity index (χ1) is 10.1. The second-order valence-electron chi connectivity index (χ2n) is 4.54. The van der Waals surface area contributed by atoms with Crippen molar-refractivity contribution in [1.29, 1.82) is 0 Å². The lowest BCUT2D eigenvalue weighted by Gasteiger charge is -2.10. The van der Waals surface area contributed by atoms with Crippen molar-refractivity contribution in [3.63, 3.8) is 0 Å². The summed E-state index contributed by atoms with van der Waals surface area (Å²) in [5.41, 5.74) is 7.81. The van der Waals surface area contributed by atoms with Gasteiger partial charge in [0.15, 0.2) is 0 Å². The van der Waals surface area contributed by atoms with E-state index in [-0.39, 0.29) is 5.82 Å². The summed E-state index contributed by atoms with van der Waals surface area (Å²) in [6.07, 6.45) is 1.55. The number of halogens is 2. The first-order valence-corrected chi connectivity index (χ1v) is 7.12. The van der Waals surface area contributed by atoms with E-state index in [9.17, 15) is 4.39 Å². The average Bonchev–Trinajstić information content (AvgIpc) is 3.00. The fraction of sp³-hybridized carbons (Fsp3) is 0.0667. The average molecular weight is 347 g/mol. The molecular formula is C15H12BrFN4. The monoisotopic (exact) mass is 346 g/mol. The van der Waals surface area contributed by atoms with Crippen LogP contribution in [0.3, 0.4) is 0 Å². The van der Waals surface area contributed by atoms with E-state index in [2.05, 4.69) is 26.1 Å². The molecule has 0 aliphatic rings. The first-order valence-electron chi connectivity index (χ1n) is 6.33. The van der Waals surface area contributed by atoms with Crippen molar-refractivity contribution in [2.75, 3.05) is 0 Å². The van der Waals surface area contributed by atoms with Gasteiger partial charge in [-0.15, -0.1) is 0 Å². The zero-order valence-corrected chi connectivity index (χ0v) is 12.5. The minimum absolute atomic E-state index is 0.361. The zero-order chi connectivity index (χ0) is 14.8. The fourth-order valence-electron chi connectivity index (χ4n) is 2.02. The van der Waals surface area contributed by atoms with Gasteiger partial charge in [-0.05, 0) is 30.3 Å². The number of para-hydroxylation sites is 1. The molecule has 2 N–H and O–H groups in total. The van der Waals surface area contributed by atoms with Gasteiger partial charge in [0, 0.05) is 10.0 Å². The molecule has 0 saturated heterocycles. The molecule has 0 spiro atoms. The number of nitrogens with two attached hydrogens (primary N) is 1. The Balaban J connectivity index is 1.94. The molecular weight excluding hydrogens is 335 g/mol. The second-order valence-corrected chi connectivity index (χ2v) is 5.45. The van der Waals surface area contributed by atoms with Crippen LogP contribution in [0.5, 0.6) is 0 Å². The number of aromatic nitrogens is 3. The summed E-state index contributed by atoms with van der Waals surface area (Å²) in [5, 5.41) is 8.50. The third-order valence-corrected chi connectivity index (χ3v) is 3.60. The van der Waals surface area contributed by atoms with Crippen LogP contribution in [0.1, 0.15) is 17.3 Å². The molecule has 1 atom stereocenters. The Morgan fingerprint density at radius 1 is 1.14 bits per heavy atom. The Bertz CT molecular complexity index is 757. The maximum atomic E-state index is 13.9. The minimum atomic E-state index is -0.667. The number of rotatable bonds is 3. The van der Waals surface area contributed by atoms with Gasteiger partial charge in [0.1, 0.15) is 11.5 Å². The Hall–Kier alpha value is -2.05. The van der Waals surface area contributed by atoms with Gasteiger partial charge in [-0.25, -0.2) is 4.39 Å². The largest absolute Gasteiger partial charge is 0.319 e. The van der Waals surface area contributed by atoms with Crippen LogP contribution in [-0.4, -0.2) is 15.0 Å². The standard InChI is InChI=1S/C15H12BrFN4/c16-10-6-7-13(17)12(8-10)15(18)14-9-19-21(20-14)11-4-2-1-3-5-11/h1-9,15H,18H2. The maximum absolute atomic E-state index is 13.9. The van der Waals surface area contributed by atoms with Crippen molar-refractivity contribution in [3.05, 3.63) is 76.3 Å². The lowest BCUT2D eigenvalue weighted by atomic mass is 10.1. The lowest BCUT2D eigenvalue weighted by Crippen LogP contribution is -2.14. The number of hydrogen-bond donors (Lipinski definition) is 1. The van der Waals surface area contributed by atoms with Crippen LogP contribution in [0.25, 0.3) is 5.69 Å². The minimum Gasteiger partial charge on any atom is -0.319 e. The van der Waals surface area contributed by atoms with Crippen molar-refractivity contribution < 1.29 is 4.39 Å². The van der Waals surface area contributed by atoms with Crippen LogP contribution >= 0.6 is 15.9 Å². The van der Waals surface area contributed by atoms with Crippen molar-refractivity contribution in [2.24, 2.45) is 5.73 Å². The first kappa shape index (κ1) is 13.9. The van der Waals surface area contributed by atoms with Gasteiger partial charge >= 0.3 is 0 Å². The predicted molar refractivity (Wildman–Crippen MR) is 81.5 cm³/mol. The molecule has 0 radical (unpaired) electrons. The van der Waals surface area contributed by atoms with E-state index in [0.717, 1.165) is 10.2 Å². The van der Waals surface area contributed by atoms with E-state index in [1.54, 1.807) is 18.3 Å². The molecule has 1 heterocycles. The third-order valence-electron chi connectivity index (χ3n) is 3.11. The van der Waals surface area contributed by atoms with E-state index in [1.165, 1.54) is 10.9 Å². The van der Waals surface area contributed by atoms with E-state index in [1.807, 2.05) is 30.3 Å². The van der Waals surface area contributed by atoms with E-state index < -0.39 is 6.04 Å². The van der Waals surface area contributed by atoms with Crippen LogP contribution in [0.4, 0.5) is 4.39 Å².